The van der Waals surface area contributed by atoms with Crippen molar-refractivity contribution in [2.45, 2.75) is 58.3 Å². The van der Waals surface area contributed by atoms with Crippen LogP contribution in [-0.4, -0.2) is 37.1 Å². The fourth-order valence-corrected chi connectivity index (χ4v) is 2.82. The minimum absolute atomic E-state index is 0.243. The van der Waals surface area contributed by atoms with Gasteiger partial charge in [-0.1, -0.05) is 79.8 Å². The van der Waals surface area contributed by atoms with Gasteiger partial charge in [0.15, 0.2) is 0 Å². The van der Waals surface area contributed by atoms with Gasteiger partial charge in [-0.25, -0.2) is 0 Å². The second kappa shape index (κ2) is 19.2. The average molecular weight is 398 g/mol. The van der Waals surface area contributed by atoms with E-state index in [1.54, 1.807) is 0 Å². The normalized spacial score (nSPS) is 16.1. The van der Waals surface area contributed by atoms with Crippen LogP contribution >= 0.6 is 0 Å². The number of carbonyl (C=O) groups excluding carboxylic acids is 1. The van der Waals surface area contributed by atoms with E-state index in [1.807, 2.05) is 4.90 Å². The predicted octanol–water partition coefficient (Wildman–Crippen LogP) is 6.32. The molecule has 0 radical (unpaired) electrons. The summed E-state index contributed by atoms with van der Waals surface area (Å²) in [5.74, 6) is 0.243. The number of amides is 1. The topological polar surface area (TPSA) is 29.5 Å². The minimum atomic E-state index is 0.243. The number of allylic oxidation sites excluding steroid dienone is 12. The van der Waals surface area contributed by atoms with Crippen molar-refractivity contribution >= 4 is 5.91 Å². The van der Waals surface area contributed by atoms with E-state index >= 15 is 0 Å². The van der Waals surface area contributed by atoms with Crippen LogP contribution in [0.25, 0.3) is 0 Å². The zero-order chi connectivity index (χ0) is 20.8. The molecule has 29 heavy (non-hydrogen) atoms. The molecule has 0 aromatic heterocycles. The van der Waals surface area contributed by atoms with Gasteiger partial charge < -0.3 is 9.64 Å². The largest absolute Gasteiger partial charge is 0.378 e. The molecule has 0 bridgehead atoms. The average Bonchev–Trinajstić information content (AvgIpc) is 2.75. The molecule has 0 spiro atoms. The zero-order valence-electron chi connectivity index (χ0n) is 18.2. The monoisotopic (exact) mass is 397 g/mol. The molecular weight excluding hydrogens is 358 g/mol. The lowest BCUT2D eigenvalue weighted by molar-refractivity contribution is -0.135. The summed E-state index contributed by atoms with van der Waals surface area (Å²) in [5, 5.41) is 0. The molecule has 1 aliphatic rings. The number of rotatable bonds is 14. The first kappa shape index (κ1) is 24.9. The Morgan fingerprint density at radius 1 is 0.690 bits per heavy atom. The van der Waals surface area contributed by atoms with E-state index in [2.05, 4.69) is 79.8 Å². The molecule has 0 atom stereocenters. The highest BCUT2D eigenvalue weighted by atomic mass is 16.5. The van der Waals surface area contributed by atoms with E-state index in [0.29, 0.717) is 19.6 Å². The van der Waals surface area contributed by atoms with Crippen LogP contribution in [0.15, 0.2) is 72.9 Å². The van der Waals surface area contributed by atoms with Crippen molar-refractivity contribution in [3.63, 3.8) is 0 Å². The van der Waals surface area contributed by atoms with E-state index in [-0.39, 0.29) is 5.91 Å². The molecule has 160 valence electrons. The van der Waals surface area contributed by atoms with Gasteiger partial charge in [-0.05, 0) is 44.9 Å². The van der Waals surface area contributed by atoms with Gasteiger partial charge in [0.1, 0.15) is 0 Å². The van der Waals surface area contributed by atoms with Gasteiger partial charge in [-0.3, -0.25) is 4.79 Å². The summed E-state index contributed by atoms with van der Waals surface area (Å²) < 4.78 is 5.27. The molecule has 1 heterocycles. The molecule has 3 nitrogen and oxygen atoms in total. The Morgan fingerprint density at radius 3 is 1.55 bits per heavy atom. The van der Waals surface area contributed by atoms with Gasteiger partial charge in [-0.15, -0.1) is 0 Å². The van der Waals surface area contributed by atoms with E-state index < -0.39 is 0 Å². The lowest BCUT2D eigenvalue weighted by Crippen LogP contribution is -2.40. The summed E-state index contributed by atoms with van der Waals surface area (Å²) >= 11 is 0. The molecule has 0 N–H and O–H groups in total. The molecule has 3 heteroatoms. The van der Waals surface area contributed by atoms with E-state index in [4.69, 9.17) is 4.74 Å². The lowest BCUT2D eigenvalue weighted by atomic mass is 10.2. The standard InChI is InChI=1S/C26H39NO2/c1-2-3-4-5-6-7-8-9-10-11-12-13-14-15-16-17-18-19-20-21-26(28)27-22-24-29-25-23-27/h3-4,6-7,9-10,12-13,15-16,18-19H,2,5,8,11,14,17,20-25H2,1H3/b4-3+,7-6+,10-9+,13-12+,16-15+,19-18+. The van der Waals surface area contributed by atoms with Crippen LogP contribution in [0.5, 0.6) is 0 Å². The molecule has 1 aliphatic heterocycles. The quantitative estimate of drug-likeness (QED) is 0.321. The third kappa shape index (κ3) is 15.5. The minimum Gasteiger partial charge on any atom is -0.378 e. The number of carbonyl (C=O) groups is 1. The molecule has 0 aliphatic carbocycles. The smallest absolute Gasteiger partial charge is 0.223 e. The summed E-state index contributed by atoms with van der Waals surface area (Å²) in [5.41, 5.74) is 0. The maximum Gasteiger partial charge on any atom is 0.223 e. The van der Waals surface area contributed by atoms with Crippen molar-refractivity contribution in [3.05, 3.63) is 72.9 Å². The Bertz CT molecular complexity index is 576. The summed E-state index contributed by atoms with van der Waals surface area (Å²) in [4.78, 5) is 13.9. The molecular formula is C26H39NO2. The lowest BCUT2D eigenvalue weighted by Gasteiger charge is -2.26. The number of nitrogens with zero attached hydrogens (tertiary/aromatic N) is 1. The van der Waals surface area contributed by atoms with Crippen molar-refractivity contribution in [1.82, 2.24) is 4.90 Å². The molecule has 1 saturated heterocycles. The van der Waals surface area contributed by atoms with Gasteiger partial charge >= 0.3 is 0 Å². The van der Waals surface area contributed by atoms with Crippen molar-refractivity contribution in [3.8, 4) is 0 Å². The number of ether oxygens (including phenoxy) is 1. The van der Waals surface area contributed by atoms with Gasteiger partial charge in [-0.2, -0.15) is 0 Å². The Balaban J connectivity index is 1.96. The summed E-state index contributed by atoms with van der Waals surface area (Å²) in [6, 6.07) is 0. The Kier molecular flexibility index (Phi) is 16.5. The van der Waals surface area contributed by atoms with Crippen LogP contribution in [-0.2, 0) is 9.53 Å². The number of hydrogen-bond donors (Lipinski definition) is 0. The molecule has 1 amide bonds. The maximum atomic E-state index is 12.0. The Hall–Kier alpha value is -2.13. The third-order valence-electron chi connectivity index (χ3n) is 4.49. The number of morpholine rings is 1. The SMILES string of the molecule is CC/C=C/C/C=C/C/C=C/C/C=C/C/C=C/C/C=C/CCC(=O)N1CCOCC1. The van der Waals surface area contributed by atoms with Crippen LogP contribution in [0, 0.1) is 0 Å². The van der Waals surface area contributed by atoms with Crippen molar-refractivity contribution in [1.29, 1.82) is 0 Å². The van der Waals surface area contributed by atoms with E-state index in [9.17, 15) is 4.79 Å². The van der Waals surface area contributed by atoms with Crippen LogP contribution in [0.1, 0.15) is 58.3 Å². The second-order valence-electron chi connectivity index (χ2n) is 6.95. The van der Waals surface area contributed by atoms with Gasteiger partial charge in [0.05, 0.1) is 13.2 Å². The Morgan fingerprint density at radius 2 is 1.10 bits per heavy atom. The van der Waals surface area contributed by atoms with Crippen molar-refractivity contribution < 1.29 is 9.53 Å². The summed E-state index contributed by atoms with van der Waals surface area (Å²) in [7, 11) is 0. The fourth-order valence-electron chi connectivity index (χ4n) is 2.82. The highest BCUT2D eigenvalue weighted by Gasteiger charge is 2.15. The molecule has 1 rings (SSSR count). The van der Waals surface area contributed by atoms with Gasteiger partial charge in [0.2, 0.25) is 5.91 Å². The predicted molar refractivity (Wildman–Crippen MR) is 125 cm³/mol. The summed E-state index contributed by atoms with van der Waals surface area (Å²) in [6.07, 6.45) is 33.8. The molecule has 1 fully saturated rings. The highest BCUT2D eigenvalue weighted by molar-refractivity contribution is 5.76. The first-order chi connectivity index (χ1) is 14.3. The maximum absolute atomic E-state index is 12.0. The van der Waals surface area contributed by atoms with Crippen molar-refractivity contribution in [2.75, 3.05) is 26.3 Å². The molecule has 0 unspecified atom stereocenters. The first-order valence-corrected chi connectivity index (χ1v) is 11.1. The van der Waals surface area contributed by atoms with Gasteiger partial charge in [0, 0.05) is 19.5 Å². The van der Waals surface area contributed by atoms with Crippen LogP contribution in [0.3, 0.4) is 0 Å². The third-order valence-corrected chi connectivity index (χ3v) is 4.49. The van der Waals surface area contributed by atoms with Crippen LogP contribution in [0.4, 0.5) is 0 Å². The van der Waals surface area contributed by atoms with Crippen LogP contribution < -0.4 is 0 Å². The second-order valence-corrected chi connectivity index (χ2v) is 6.95. The van der Waals surface area contributed by atoms with Gasteiger partial charge in [0.25, 0.3) is 0 Å². The van der Waals surface area contributed by atoms with Crippen molar-refractivity contribution in [2.24, 2.45) is 0 Å². The molecule has 0 aromatic rings. The molecule has 0 aromatic carbocycles. The summed E-state index contributed by atoms with van der Waals surface area (Å²) in [6.45, 7) is 4.98. The zero-order valence-corrected chi connectivity index (χ0v) is 18.2. The first-order valence-electron chi connectivity index (χ1n) is 11.1. The number of hydrogen-bond acceptors (Lipinski definition) is 2. The Labute approximate surface area is 178 Å². The van der Waals surface area contributed by atoms with E-state index in [0.717, 1.165) is 58.0 Å². The highest BCUT2D eigenvalue weighted by Crippen LogP contribution is 2.03. The van der Waals surface area contributed by atoms with Crippen LogP contribution in [0.2, 0.25) is 0 Å². The van der Waals surface area contributed by atoms with E-state index in [1.165, 1.54) is 0 Å². The molecule has 0 saturated carbocycles. The fraction of sp³-hybridized carbons (Fsp3) is 0.500.